The monoisotopic (exact) mass is 264 g/mol. The third-order valence-corrected chi connectivity index (χ3v) is 3.26. The van der Waals surface area contributed by atoms with Crippen LogP contribution in [0.5, 0.6) is 5.75 Å². The van der Waals surface area contributed by atoms with E-state index in [1.165, 1.54) is 24.5 Å². The molecule has 0 N–H and O–H groups in total. The van der Waals surface area contributed by atoms with Crippen LogP contribution < -0.4 is 4.74 Å². The van der Waals surface area contributed by atoms with Crippen LogP contribution in [0.4, 0.5) is 0 Å². The second-order valence-electron chi connectivity index (χ2n) is 3.68. The summed E-state index contributed by atoms with van der Waals surface area (Å²) in [5.41, 5.74) is 0.524. The highest BCUT2D eigenvalue weighted by molar-refractivity contribution is 7.12. The molecule has 0 aromatic carbocycles. The number of esters is 1. The Morgan fingerprint density at radius 3 is 2.83 bits per heavy atom. The summed E-state index contributed by atoms with van der Waals surface area (Å²) in [6.45, 7) is 4.12. The number of hydrogen-bond acceptors (Lipinski definition) is 5. The number of aromatic nitrogens is 2. The highest BCUT2D eigenvalue weighted by Crippen LogP contribution is 2.18. The molecule has 0 fully saturated rings. The molecule has 0 aliphatic rings. The fraction of sp³-hybridized carbons (Fsp3) is 0.250. The van der Waals surface area contributed by atoms with Crippen molar-refractivity contribution < 1.29 is 14.3 Å². The molecule has 0 spiro atoms. The van der Waals surface area contributed by atoms with Gasteiger partial charge in [0, 0.05) is 17.5 Å². The van der Waals surface area contributed by atoms with Crippen molar-refractivity contribution in [3.05, 3.63) is 34.3 Å². The van der Waals surface area contributed by atoms with Crippen LogP contribution in [-0.4, -0.2) is 21.5 Å². The number of thiophene rings is 1. The van der Waals surface area contributed by atoms with Crippen molar-refractivity contribution in [2.45, 2.75) is 20.4 Å². The average molecular weight is 264 g/mol. The molecule has 0 aliphatic heterocycles. The third kappa shape index (κ3) is 2.65. The summed E-state index contributed by atoms with van der Waals surface area (Å²) in [5, 5.41) is 5.65. The van der Waals surface area contributed by atoms with Gasteiger partial charge in [-0.15, -0.1) is 11.3 Å². The number of Topliss-reactive ketones (excluding diaryl/α,β-unsaturated/α-hetero) is 1. The molecule has 5 nitrogen and oxygen atoms in total. The Kier molecular flexibility index (Phi) is 3.57. The maximum atomic E-state index is 11.8. The van der Waals surface area contributed by atoms with Crippen LogP contribution >= 0.6 is 11.3 Å². The first-order valence-electron chi connectivity index (χ1n) is 5.44. The molecular weight excluding hydrogens is 252 g/mol. The Hall–Kier alpha value is -1.95. The highest BCUT2D eigenvalue weighted by Gasteiger charge is 2.14. The number of aryl methyl sites for hydroxylation is 1. The number of hydrogen-bond donors (Lipinski definition) is 0. The second kappa shape index (κ2) is 5.14. The molecule has 2 aromatic rings. The average Bonchev–Trinajstić information content (AvgIpc) is 2.97. The molecule has 18 heavy (non-hydrogen) atoms. The molecule has 0 unspecified atom stereocenters. The summed E-state index contributed by atoms with van der Waals surface area (Å²) in [6, 6.07) is 1.54. The van der Waals surface area contributed by atoms with E-state index in [9.17, 15) is 9.59 Å². The van der Waals surface area contributed by atoms with Gasteiger partial charge >= 0.3 is 5.97 Å². The quantitative estimate of drug-likeness (QED) is 0.628. The van der Waals surface area contributed by atoms with Crippen LogP contribution in [0, 0.1) is 0 Å². The molecule has 0 bridgehead atoms. The van der Waals surface area contributed by atoms with Crippen molar-refractivity contribution in [1.82, 2.24) is 9.78 Å². The van der Waals surface area contributed by atoms with E-state index in [4.69, 9.17) is 4.74 Å². The largest absolute Gasteiger partial charge is 0.419 e. The second-order valence-corrected chi connectivity index (χ2v) is 4.59. The van der Waals surface area contributed by atoms with E-state index < -0.39 is 5.97 Å². The maximum Gasteiger partial charge on any atom is 0.353 e. The van der Waals surface area contributed by atoms with Crippen LogP contribution in [0.1, 0.15) is 33.9 Å². The Morgan fingerprint density at radius 1 is 1.50 bits per heavy atom. The maximum absolute atomic E-state index is 11.8. The van der Waals surface area contributed by atoms with E-state index >= 15 is 0 Å². The molecule has 6 heteroatoms. The van der Waals surface area contributed by atoms with Gasteiger partial charge in [-0.1, -0.05) is 0 Å². The van der Waals surface area contributed by atoms with Crippen molar-refractivity contribution in [3.63, 3.8) is 0 Å². The summed E-state index contributed by atoms with van der Waals surface area (Å²) in [7, 11) is 0. The number of ether oxygens (including phenoxy) is 1. The van der Waals surface area contributed by atoms with Crippen molar-refractivity contribution in [1.29, 1.82) is 0 Å². The van der Waals surface area contributed by atoms with Gasteiger partial charge < -0.3 is 4.74 Å². The Bertz CT molecular complexity index is 586. The SMILES string of the molecule is CCn1cc(OC(=O)c2cc(C(C)=O)cs2)cn1. The molecule has 0 radical (unpaired) electrons. The van der Waals surface area contributed by atoms with Crippen molar-refractivity contribution >= 4 is 23.1 Å². The minimum atomic E-state index is -0.469. The highest BCUT2D eigenvalue weighted by atomic mass is 32.1. The fourth-order valence-electron chi connectivity index (χ4n) is 1.36. The van der Waals surface area contributed by atoms with E-state index in [1.807, 2.05) is 6.92 Å². The molecular formula is C12H12N2O3S. The first-order valence-corrected chi connectivity index (χ1v) is 6.32. The van der Waals surface area contributed by atoms with E-state index in [0.29, 0.717) is 22.7 Å². The lowest BCUT2D eigenvalue weighted by molar-refractivity contribution is 0.0739. The topological polar surface area (TPSA) is 61.2 Å². The summed E-state index contributed by atoms with van der Waals surface area (Å²) >= 11 is 1.20. The standard InChI is InChI=1S/C12H12N2O3S/c1-3-14-6-10(5-13-14)17-12(16)11-4-9(7-18-11)8(2)15/h4-7H,3H2,1-2H3. The van der Waals surface area contributed by atoms with Gasteiger partial charge in [-0.25, -0.2) is 4.79 Å². The summed E-state index contributed by atoms with van der Waals surface area (Å²) in [6.07, 6.45) is 3.14. The first kappa shape index (κ1) is 12.5. The lowest BCUT2D eigenvalue weighted by Gasteiger charge is -1.97. The van der Waals surface area contributed by atoms with E-state index in [-0.39, 0.29) is 5.78 Å². The number of ketones is 1. The third-order valence-electron chi connectivity index (χ3n) is 2.35. The minimum Gasteiger partial charge on any atom is -0.419 e. The molecule has 0 saturated carbocycles. The predicted octanol–water partition coefficient (Wildman–Crippen LogP) is 2.39. The Labute approximate surface area is 108 Å². The van der Waals surface area contributed by atoms with Gasteiger partial charge in [0.2, 0.25) is 0 Å². The van der Waals surface area contributed by atoms with E-state index in [1.54, 1.807) is 22.3 Å². The van der Waals surface area contributed by atoms with Gasteiger partial charge in [0.15, 0.2) is 11.5 Å². The van der Waals surface area contributed by atoms with E-state index in [0.717, 1.165) is 0 Å². The Balaban J connectivity index is 2.09. The van der Waals surface area contributed by atoms with Crippen LogP contribution in [0.15, 0.2) is 23.8 Å². The van der Waals surface area contributed by atoms with Crippen molar-refractivity contribution in [2.75, 3.05) is 0 Å². The lowest BCUT2D eigenvalue weighted by Crippen LogP contribution is -2.06. The molecule has 2 rings (SSSR count). The first-order chi connectivity index (χ1) is 8.60. The van der Waals surface area contributed by atoms with Crippen LogP contribution in [0.2, 0.25) is 0 Å². The zero-order valence-corrected chi connectivity index (χ0v) is 10.9. The molecule has 94 valence electrons. The van der Waals surface area contributed by atoms with Gasteiger partial charge in [0.25, 0.3) is 0 Å². The van der Waals surface area contributed by atoms with Crippen LogP contribution in [0.3, 0.4) is 0 Å². The zero-order chi connectivity index (χ0) is 13.1. The van der Waals surface area contributed by atoms with Crippen molar-refractivity contribution in [3.8, 4) is 5.75 Å². The molecule has 2 heterocycles. The zero-order valence-electron chi connectivity index (χ0n) is 10.0. The molecule has 0 amide bonds. The normalized spacial score (nSPS) is 10.3. The van der Waals surface area contributed by atoms with Gasteiger partial charge in [-0.2, -0.15) is 5.10 Å². The fourth-order valence-corrected chi connectivity index (χ4v) is 2.18. The summed E-state index contributed by atoms with van der Waals surface area (Å²) in [5.74, 6) is -0.133. The predicted molar refractivity (Wildman–Crippen MR) is 67.2 cm³/mol. The van der Waals surface area contributed by atoms with E-state index in [2.05, 4.69) is 5.10 Å². The molecule has 0 atom stereocenters. The lowest BCUT2D eigenvalue weighted by atomic mass is 10.2. The number of carbonyl (C=O) groups excluding carboxylic acids is 2. The van der Waals surface area contributed by atoms with Gasteiger partial charge in [-0.05, 0) is 19.9 Å². The van der Waals surface area contributed by atoms with Crippen LogP contribution in [0.25, 0.3) is 0 Å². The Morgan fingerprint density at radius 2 is 2.28 bits per heavy atom. The van der Waals surface area contributed by atoms with Gasteiger partial charge in [0.1, 0.15) is 4.88 Å². The number of nitrogens with zero attached hydrogens (tertiary/aromatic N) is 2. The molecule has 0 aliphatic carbocycles. The smallest absolute Gasteiger partial charge is 0.353 e. The summed E-state index contributed by atoms with van der Waals surface area (Å²) in [4.78, 5) is 23.3. The van der Waals surface area contributed by atoms with Crippen LogP contribution in [-0.2, 0) is 6.54 Å². The van der Waals surface area contributed by atoms with Crippen molar-refractivity contribution in [2.24, 2.45) is 0 Å². The minimum absolute atomic E-state index is 0.0656. The summed E-state index contributed by atoms with van der Waals surface area (Å²) < 4.78 is 6.82. The number of carbonyl (C=O) groups is 2. The van der Waals surface area contributed by atoms with Gasteiger partial charge in [-0.3, -0.25) is 9.48 Å². The molecule has 0 saturated heterocycles. The number of rotatable bonds is 4. The van der Waals surface area contributed by atoms with Gasteiger partial charge in [0.05, 0.1) is 12.4 Å². The molecule has 2 aromatic heterocycles.